The Morgan fingerprint density at radius 1 is 1.44 bits per heavy atom. The van der Waals surface area contributed by atoms with Crippen LogP contribution in [0.15, 0.2) is 36.1 Å². The summed E-state index contributed by atoms with van der Waals surface area (Å²) >= 11 is 0. The molecule has 1 rings (SSSR count). The van der Waals surface area contributed by atoms with Gasteiger partial charge >= 0.3 is 0 Å². The molecule has 1 aromatic rings. The maximum Gasteiger partial charge on any atom is 0.157 e. The highest BCUT2D eigenvalue weighted by Crippen LogP contribution is 2.13. The molecular weight excluding hydrogens is 202 g/mol. The van der Waals surface area contributed by atoms with Gasteiger partial charge in [0.2, 0.25) is 0 Å². The minimum Gasteiger partial charge on any atom is -0.486 e. The fraction of sp³-hybridized carbons (Fsp3) is 0.385. The van der Waals surface area contributed by atoms with Crippen LogP contribution in [0.2, 0.25) is 0 Å². The van der Waals surface area contributed by atoms with E-state index in [2.05, 4.69) is 13.8 Å². The van der Waals surface area contributed by atoms with Crippen LogP contribution in [0.5, 0.6) is 5.75 Å². The van der Waals surface area contributed by atoms with E-state index in [1.807, 2.05) is 37.3 Å². The van der Waals surface area contributed by atoms with Gasteiger partial charge in [0, 0.05) is 0 Å². The average molecular weight is 221 g/mol. The smallest absolute Gasteiger partial charge is 0.157 e. The van der Waals surface area contributed by atoms with Crippen LogP contribution >= 0.6 is 0 Å². The number of allylic oxidation sites excluding steroid dienone is 1. The third-order valence-corrected chi connectivity index (χ3v) is 2.04. The summed E-state index contributed by atoms with van der Waals surface area (Å²) in [5.74, 6) is 7.03. The highest BCUT2D eigenvalue weighted by Gasteiger charge is 2.01. The van der Waals surface area contributed by atoms with Crippen molar-refractivity contribution in [1.82, 2.24) is 0 Å². The van der Waals surface area contributed by atoms with Crippen LogP contribution < -0.4 is 10.6 Å². The van der Waals surface area contributed by atoms with Gasteiger partial charge in [-0.2, -0.15) is 5.90 Å². The van der Waals surface area contributed by atoms with Crippen LogP contribution in [0, 0.1) is 12.8 Å². The molecule has 0 radical (unpaired) electrons. The van der Waals surface area contributed by atoms with Gasteiger partial charge in [-0.05, 0) is 36.6 Å². The molecule has 0 aliphatic heterocycles. The largest absolute Gasteiger partial charge is 0.486 e. The molecule has 0 amide bonds. The van der Waals surface area contributed by atoms with Gasteiger partial charge in [-0.1, -0.05) is 26.0 Å². The second kappa shape index (κ2) is 6.18. The Morgan fingerprint density at radius 3 is 2.75 bits per heavy atom. The molecule has 2 N–H and O–H groups in total. The number of hydrogen-bond acceptors (Lipinski definition) is 3. The lowest BCUT2D eigenvalue weighted by atomic mass is 10.2. The molecule has 0 atom stereocenters. The van der Waals surface area contributed by atoms with Crippen molar-refractivity contribution >= 4 is 0 Å². The predicted molar refractivity (Wildman–Crippen MR) is 64.9 cm³/mol. The Labute approximate surface area is 96.8 Å². The van der Waals surface area contributed by atoms with Gasteiger partial charge in [-0.15, -0.1) is 0 Å². The molecule has 0 spiro atoms. The molecule has 3 heteroatoms. The summed E-state index contributed by atoms with van der Waals surface area (Å²) in [7, 11) is 0. The number of benzene rings is 1. The van der Waals surface area contributed by atoms with E-state index in [-0.39, 0.29) is 0 Å². The molecule has 3 nitrogen and oxygen atoms in total. The van der Waals surface area contributed by atoms with Gasteiger partial charge in [-0.3, -0.25) is 0 Å². The van der Waals surface area contributed by atoms with Crippen molar-refractivity contribution in [2.45, 2.75) is 20.8 Å². The molecule has 0 bridgehead atoms. The number of rotatable bonds is 5. The van der Waals surface area contributed by atoms with E-state index in [1.165, 1.54) is 5.56 Å². The van der Waals surface area contributed by atoms with Gasteiger partial charge in [0.05, 0.1) is 0 Å². The number of ether oxygens (including phenoxy) is 1. The van der Waals surface area contributed by atoms with E-state index >= 15 is 0 Å². The summed E-state index contributed by atoms with van der Waals surface area (Å²) in [6.45, 7) is 6.51. The second-order valence-electron chi connectivity index (χ2n) is 4.10. The van der Waals surface area contributed by atoms with Crippen LogP contribution in [-0.2, 0) is 4.84 Å². The van der Waals surface area contributed by atoms with E-state index in [4.69, 9.17) is 15.5 Å². The molecule has 0 saturated heterocycles. The first-order valence-electron chi connectivity index (χ1n) is 5.38. The molecule has 0 heterocycles. The van der Waals surface area contributed by atoms with Crippen molar-refractivity contribution in [3.63, 3.8) is 0 Å². The molecule has 0 fully saturated rings. The molecule has 0 aromatic heterocycles. The van der Waals surface area contributed by atoms with Gasteiger partial charge < -0.3 is 9.57 Å². The highest BCUT2D eigenvalue weighted by molar-refractivity contribution is 5.27. The molecular formula is C13H19NO2. The molecule has 88 valence electrons. The number of hydrogen-bond donors (Lipinski definition) is 1. The van der Waals surface area contributed by atoms with Crippen LogP contribution in [0.1, 0.15) is 19.4 Å². The fourth-order valence-corrected chi connectivity index (χ4v) is 1.35. The van der Waals surface area contributed by atoms with Crippen molar-refractivity contribution < 1.29 is 9.57 Å². The molecule has 1 aromatic carbocycles. The highest BCUT2D eigenvalue weighted by atomic mass is 16.6. The van der Waals surface area contributed by atoms with E-state index < -0.39 is 0 Å². The summed E-state index contributed by atoms with van der Waals surface area (Å²) in [4.78, 5) is 4.75. The summed E-state index contributed by atoms with van der Waals surface area (Å²) < 4.78 is 5.57. The molecule has 0 saturated carbocycles. The Kier molecular flexibility index (Phi) is 4.86. The number of aryl methyl sites for hydroxylation is 1. The Morgan fingerprint density at radius 2 is 2.19 bits per heavy atom. The van der Waals surface area contributed by atoms with Crippen LogP contribution in [0.3, 0.4) is 0 Å². The lowest BCUT2D eigenvalue weighted by Crippen LogP contribution is -2.09. The summed E-state index contributed by atoms with van der Waals surface area (Å²) in [5.41, 5.74) is 1.17. The molecule has 0 aliphatic rings. The van der Waals surface area contributed by atoms with Gasteiger partial charge in [0.15, 0.2) is 5.76 Å². The topological polar surface area (TPSA) is 44.5 Å². The van der Waals surface area contributed by atoms with Crippen molar-refractivity contribution in [3.05, 3.63) is 41.7 Å². The van der Waals surface area contributed by atoms with Crippen molar-refractivity contribution in [3.8, 4) is 5.75 Å². The van der Waals surface area contributed by atoms with E-state index in [0.29, 0.717) is 18.3 Å². The quantitative estimate of drug-likeness (QED) is 0.614. The Balaban J connectivity index is 2.56. The van der Waals surface area contributed by atoms with Gasteiger partial charge in [0.25, 0.3) is 0 Å². The SMILES string of the molecule is Cc1cccc(OC/C(=C/C(C)C)ON)c1. The normalized spacial score (nSPS) is 11.7. The Bertz CT molecular complexity index is 359. The van der Waals surface area contributed by atoms with Crippen LogP contribution in [-0.4, -0.2) is 6.61 Å². The maximum atomic E-state index is 5.57. The van der Waals surface area contributed by atoms with Crippen LogP contribution in [0.4, 0.5) is 0 Å². The summed E-state index contributed by atoms with van der Waals surface area (Å²) in [5, 5.41) is 0. The first kappa shape index (κ1) is 12.6. The van der Waals surface area contributed by atoms with Gasteiger partial charge in [-0.25, -0.2) is 0 Å². The summed E-state index contributed by atoms with van der Waals surface area (Å²) in [6, 6.07) is 7.87. The minimum absolute atomic E-state index is 0.359. The second-order valence-corrected chi connectivity index (χ2v) is 4.10. The third-order valence-electron chi connectivity index (χ3n) is 2.04. The van der Waals surface area contributed by atoms with E-state index in [9.17, 15) is 0 Å². The average Bonchev–Trinajstić information content (AvgIpc) is 2.24. The molecule has 16 heavy (non-hydrogen) atoms. The zero-order valence-corrected chi connectivity index (χ0v) is 10.1. The standard InChI is InChI=1S/C13H19NO2/c1-10(2)7-13(16-14)9-15-12-6-4-5-11(3)8-12/h4-8,10H,9,14H2,1-3H3/b13-7-. The fourth-order valence-electron chi connectivity index (χ4n) is 1.35. The maximum absolute atomic E-state index is 5.57. The lowest BCUT2D eigenvalue weighted by Gasteiger charge is -2.09. The first-order valence-corrected chi connectivity index (χ1v) is 5.38. The van der Waals surface area contributed by atoms with Crippen molar-refractivity contribution in [2.75, 3.05) is 6.61 Å². The van der Waals surface area contributed by atoms with E-state index in [0.717, 1.165) is 5.75 Å². The zero-order chi connectivity index (χ0) is 12.0. The number of nitrogens with two attached hydrogens (primary N) is 1. The first-order chi connectivity index (χ1) is 7.61. The zero-order valence-electron chi connectivity index (χ0n) is 10.1. The van der Waals surface area contributed by atoms with Crippen LogP contribution in [0.25, 0.3) is 0 Å². The lowest BCUT2D eigenvalue weighted by molar-refractivity contribution is 0.171. The third kappa shape index (κ3) is 4.36. The van der Waals surface area contributed by atoms with Crippen molar-refractivity contribution in [1.29, 1.82) is 0 Å². The predicted octanol–water partition coefficient (Wildman–Crippen LogP) is 2.80. The summed E-state index contributed by atoms with van der Waals surface area (Å²) in [6.07, 6.45) is 1.94. The van der Waals surface area contributed by atoms with Gasteiger partial charge in [0.1, 0.15) is 12.4 Å². The Hall–Kier alpha value is -1.48. The molecule has 0 unspecified atom stereocenters. The van der Waals surface area contributed by atoms with Crippen molar-refractivity contribution in [2.24, 2.45) is 11.8 Å². The monoisotopic (exact) mass is 221 g/mol. The molecule has 0 aliphatic carbocycles. The van der Waals surface area contributed by atoms with E-state index in [1.54, 1.807) is 0 Å². The minimum atomic E-state index is 0.359.